The molecule has 2 rings (SSSR count). The van der Waals surface area contributed by atoms with Crippen LogP contribution in [0.5, 0.6) is 0 Å². The van der Waals surface area contributed by atoms with Crippen LogP contribution in [0.25, 0.3) is 0 Å². The fourth-order valence-electron chi connectivity index (χ4n) is 2.45. The Labute approximate surface area is 119 Å². The van der Waals surface area contributed by atoms with Crippen molar-refractivity contribution < 1.29 is 9.53 Å². The van der Waals surface area contributed by atoms with Crippen molar-refractivity contribution in [1.29, 1.82) is 0 Å². The molecule has 104 valence electrons. The minimum Gasteiger partial charge on any atom is -0.370 e. The van der Waals surface area contributed by atoms with E-state index in [4.69, 9.17) is 16.3 Å². The SMILES string of the molecule is Cc1cccc(C(=O)N2CC(C)OC(CCl)C2)c1C. The van der Waals surface area contributed by atoms with Crippen LogP contribution >= 0.6 is 11.6 Å². The standard InChI is InChI=1S/C15H20ClNO2/c1-10-5-4-6-14(12(10)3)15(18)17-8-11(2)19-13(7-16)9-17/h4-6,11,13H,7-9H2,1-3H3. The highest BCUT2D eigenvalue weighted by atomic mass is 35.5. The molecule has 1 amide bonds. The lowest BCUT2D eigenvalue weighted by atomic mass is 10.0. The van der Waals surface area contributed by atoms with Gasteiger partial charge in [0, 0.05) is 18.7 Å². The number of aryl methyl sites for hydroxylation is 1. The molecule has 1 fully saturated rings. The highest BCUT2D eigenvalue weighted by Gasteiger charge is 2.29. The first kappa shape index (κ1) is 14.4. The van der Waals surface area contributed by atoms with E-state index in [9.17, 15) is 4.79 Å². The number of rotatable bonds is 2. The summed E-state index contributed by atoms with van der Waals surface area (Å²) in [6.45, 7) is 7.18. The second kappa shape index (κ2) is 5.93. The minimum absolute atomic E-state index is 0.0339. The zero-order valence-electron chi connectivity index (χ0n) is 11.6. The van der Waals surface area contributed by atoms with Crippen LogP contribution in [0.2, 0.25) is 0 Å². The van der Waals surface area contributed by atoms with Crippen molar-refractivity contribution in [3.63, 3.8) is 0 Å². The number of alkyl halides is 1. The Bertz CT molecular complexity index is 475. The van der Waals surface area contributed by atoms with E-state index in [0.29, 0.717) is 19.0 Å². The Morgan fingerprint density at radius 2 is 2.16 bits per heavy atom. The predicted octanol–water partition coefficient (Wildman–Crippen LogP) is 2.77. The van der Waals surface area contributed by atoms with Crippen molar-refractivity contribution in [2.24, 2.45) is 0 Å². The third kappa shape index (κ3) is 3.10. The van der Waals surface area contributed by atoms with Gasteiger partial charge in [0.15, 0.2) is 0 Å². The van der Waals surface area contributed by atoms with E-state index in [1.807, 2.05) is 43.9 Å². The molecule has 0 aliphatic carbocycles. The zero-order valence-corrected chi connectivity index (χ0v) is 12.4. The van der Waals surface area contributed by atoms with Crippen LogP contribution in [0, 0.1) is 13.8 Å². The lowest BCUT2D eigenvalue weighted by Crippen LogP contribution is -2.49. The average Bonchev–Trinajstić information content (AvgIpc) is 2.40. The Morgan fingerprint density at radius 3 is 2.84 bits per heavy atom. The lowest BCUT2D eigenvalue weighted by Gasteiger charge is -2.36. The molecule has 3 nitrogen and oxygen atoms in total. The van der Waals surface area contributed by atoms with Crippen LogP contribution in [0.4, 0.5) is 0 Å². The van der Waals surface area contributed by atoms with Crippen LogP contribution in [0.15, 0.2) is 18.2 Å². The van der Waals surface area contributed by atoms with Crippen molar-refractivity contribution in [3.8, 4) is 0 Å². The first-order chi connectivity index (χ1) is 9.02. The van der Waals surface area contributed by atoms with Crippen LogP contribution in [-0.2, 0) is 4.74 Å². The Hall–Kier alpha value is -1.06. The van der Waals surface area contributed by atoms with Crippen molar-refractivity contribution in [2.45, 2.75) is 33.0 Å². The quantitative estimate of drug-likeness (QED) is 0.780. The molecule has 19 heavy (non-hydrogen) atoms. The average molecular weight is 282 g/mol. The minimum atomic E-state index is -0.0699. The van der Waals surface area contributed by atoms with Crippen LogP contribution in [0.3, 0.4) is 0 Å². The van der Waals surface area contributed by atoms with E-state index in [-0.39, 0.29) is 18.1 Å². The third-order valence-corrected chi connectivity index (χ3v) is 3.96. The van der Waals surface area contributed by atoms with Gasteiger partial charge in [-0.15, -0.1) is 11.6 Å². The number of ether oxygens (including phenoxy) is 1. The van der Waals surface area contributed by atoms with Crippen LogP contribution in [-0.4, -0.2) is 42.0 Å². The summed E-state index contributed by atoms with van der Waals surface area (Å²) in [5, 5.41) is 0. The molecule has 1 aliphatic rings. The number of benzene rings is 1. The molecule has 1 aliphatic heterocycles. The van der Waals surface area contributed by atoms with Gasteiger partial charge in [-0.2, -0.15) is 0 Å². The highest BCUT2D eigenvalue weighted by molar-refractivity contribution is 6.18. The first-order valence-electron chi connectivity index (χ1n) is 6.59. The Balaban J connectivity index is 2.21. The monoisotopic (exact) mass is 281 g/mol. The highest BCUT2D eigenvalue weighted by Crippen LogP contribution is 2.19. The normalized spacial score (nSPS) is 23.5. The molecule has 1 saturated heterocycles. The van der Waals surface area contributed by atoms with Gasteiger partial charge in [0.1, 0.15) is 0 Å². The van der Waals surface area contributed by atoms with Crippen molar-refractivity contribution >= 4 is 17.5 Å². The molecular formula is C15H20ClNO2. The maximum absolute atomic E-state index is 12.6. The van der Waals surface area contributed by atoms with Gasteiger partial charge in [-0.1, -0.05) is 12.1 Å². The van der Waals surface area contributed by atoms with Crippen LogP contribution < -0.4 is 0 Å². The summed E-state index contributed by atoms with van der Waals surface area (Å²) in [5.41, 5.74) is 2.97. The Morgan fingerprint density at radius 1 is 1.42 bits per heavy atom. The summed E-state index contributed by atoms with van der Waals surface area (Å²) in [7, 11) is 0. The van der Waals surface area contributed by atoms with Crippen molar-refractivity contribution in [2.75, 3.05) is 19.0 Å². The Kier molecular flexibility index (Phi) is 4.48. The molecule has 1 aromatic carbocycles. The molecule has 2 unspecified atom stereocenters. The summed E-state index contributed by atoms with van der Waals surface area (Å²) in [6.07, 6.45) is -0.0361. The van der Waals surface area contributed by atoms with Crippen molar-refractivity contribution in [1.82, 2.24) is 4.90 Å². The fourth-order valence-corrected chi connectivity index (χ4v) is 2.62. The fraction of sp³-hybridized carbons (Fsp3) is 0.533. The molecule has 0 N–H and O–H groups in total. The van der Waals surface area contributed by atoms with Gasteiger partial charge < -0.3 is 9.64 Å². The van der Waals surface area contributed by atoms with Gasteiger partial charge >= 0.3 is 0 Å². The van der Waals surface area contributed by atoms with Crippen LogP contribution in [0.1, 0.15) is 28.4 Å². The van der Waals surface area contributed by atoms with Gasteiger partial charge in [0.05, 0.1) is 18.1 Å². The van der Waals surface area contributed by atoms with E-state index in [2.05, 4.69) is 0 Å². The number of nitrogens with zero attached hydrogens (tertiary/aromatic N) is 1. The number of hydrogen-bond acceptors (Lipinski definition) is 2. The van der Waals surface area contributed by atoms with Gasteiger partial charge in [-0.05, 0) is 38.0 Å². The number of carbonyl (C=O) groups is 1. The summed E-state index contributed by atoms with van der Waals surface area (Å²) in [5.74, 6) is 0.493. The molecule has 1 aromatic rings. The number of carbonyl (C=O) groups excluding carboxylic acids is 1. The first-order valence-corrected chi connectivity index (χ1v) is 7.13. The van der Waals surface area contributed by atoms with Gasteiger partial charge in [-0.25, -0.2) is 0 Å². The summed E-state index contributed by atoms with van der Waals surface area (Å²) >= 11 is 5.86. The third-order valence-electron chi connectivity index (χ3n) is 3.62. The molecule has 0 spiro atoms. The maximum Gasteiger partial charge on any atom is 0.254 e. The lowest BCUT2D eigenvalue weighted by molar-refractivity contribution is -0.0570. The topological polar surface area (TPSA) is 29.5 Å². The second-order valence-electron chi connectivity index (χ2n) is 5.18. The predicted molar refractivity (Wildman–Crippen MR) is 76.9 cm³/mol. The van der Waals surface area contributed by atoms with E-state index in [0.717, 1.165) is 16.7 Å². The molecule has 0 saturated carbocycles. The molecule has 0 radical (unpaired) electrons. The number of amides is 1. The second-order valence-corrected chi connectivity index (χ2v) is 5.49. The largest absolute Gasteiger partial charge is 0.370 e. The molecule has 0 bridgehead atoms. The summed E-state index contributed by atoms with van der Waals surface area (Å²) in [4.78, 5) is 14.5. The molecular weight excluding hydrogens is 262 g/mol. The number of morpholine rings is 1. The zero-order chi connectivity index (χ0) is 14.0. The van der Waals surface area contributed by atoms with E-state index < -0.39 is 0 Å². The number of halogens is 1. The summed E-state index contributed by atoms with van der Waals surface area (Å²) in [6, 6.07) is 5.84. The van der Waals surface area contributed by atoms with Gasteiger partial charge in [0.2, 0.25) is 0 Å². The van der Waals surface area contributed by atoms with E-state index in [1.165, 1.54) is 0 Å². The van der Waals surface area contributed by atoms with E-state index >= 15 is 0 Å². The molecule has 2 atom stereocenters. The molecule has 0 aromatic heterocycles. The van der Waals surface area contributed by atoms with Gasteiger partial charge in [0.25, 0.3) is 5.91 Å². The maximum atomic E-state index is 12.6. The van der Waals surface area contributed by atoms with Gasteiger partial charge in [-0.3, -0.25) is 4.79 Å². The smallest absolute Gasteiger partial charge is 0.254 e. The molecule has 4 heteroatoms. The molecule has 1 heterocycles. The number of hydrogen-bond donors (Lipinski definition) is 0. The summed E-state index contributed by atoms with van der Waals surface area (Å²) < 4.78 is 5.68. The van der Waals surface area contributed by atoms with E-state index in [1.54, 1.807) is 0 Å². The van der Waals surface area contributed by atoms with Crippen molar-refractivity contribution in [3.05, 3.63) is 34.9 Å².